The number of halogens is 1. The molecular formula is C21H25ClN2O2. The fraction of sp³-hybridized carbons (Fsp3) is 0.381. The maximum Gasteiger partial charge on any atom is 0.262 e. The van der Waals surface area contributed by atoms with Crippen molar-refractivity contribution in [2.75, 3.05) is 25.0 Å². The number of benzene rings is 2. The highest BCUT2D eigenvalue weighted by atomic mass is 35.5. The molecule has 0 aromatic heterocycles. The lowest BCUT2D eigenvalue weighted by atomic mass is 10.1. The SMILES string of the molecule is Cc1cc(Cl)ccc1OCC(=O)Nc1ccc(CN2CCCCC2)cc1. The Morgan fingerprint density at radius 2 is 1.85 bits per heavy atom. The second-order valence-corrected chi connectivity index (χ2v) is 7.22. The molecule has 1 saturated heterocycles. The summed E-state index contributed by atoms with van der Waals surface area (Å²) in [4.78, 5) is 14.6. The smallest absolute Gasteiger partial charge is 0.262 e. The number of rotatable bonds is 6. The summed E-state index contributed by atoms with van der Waals surface area (Å²) in [6.45, 7) is 5.21. The van der Waals surface area contributed by atoms with E-state index in [4.69, 9.17) is 16.3 Å². The first-order valence-electron chi connectivity index (χ1n) is 9.10. The lowest BCUT2D eigenvalue weighted by molar-refractivity contribution is -0.118. The van der Waals surface area contributed by atoms with Gasteiger partial charge in [-0.25, -0.2) is 0 Å². The van der Waals surface area contributed by atoms with E-state index in [1.54, 1.807) is 12.1 Å². The molecular weight excluding hydrogens is 348 g/mol. The molecule has 26 heavy (non-hydrogen) atoms. The molecule has 138 valence electrons. The van der Waals surface area contributed by atoms with Crippen LogP contribution in [-0.2, 0) is 11.3 Å². The van der Waals surface area contributed by atoms with Gasteiger partial charge in [0.15, 0.2) is 6.61 Å². The zero-order valence-corrected chi connectivity index (χ0v) is 15.9. The number of hydrogen-bond donors (Lipinski definition) is 1. The predicted octanol–water partition coefficient (Wildman–Crippen LogP) is 4.65. The Kier molecular flexibility index (Phi) is 6.53. The Bertz CT molecular complexity index is 740. The molecule has 0 spiro atoms. The van der Waals surface area contributed by atoms with Gasteiger partial charge in [-0.1, -0.05) is 30.2 Å². The molecule has 4 nitrogen and oxygen atoms in total. The highest BCUT2D eigenvalue weighted by molar-refractivity contribution is 6.30. The van der Waals surface area contributed by atoms with Gasteiger partial charge in [0.2, 0.25) is 0 Å². The van der Waals surface area contributed by atoms with E-state index in [1.807, 2.05) is 25.1 Å². The average molecular weight is 373 g/mol. The molecule has 2 aromatic carbocycles. The number of ether oxygens (including phenoxy) is 1. The van der Waals surface area contributed by atoms with Crippen LogP contribution in [0.4, 0.5) is 5.69 Å². The Morgan fingerprint density at radius 1 is 1.12 bits per heavy atom. The average Bonchev–Trinajstić information content (AvgIpc) is 2.63. The quantitative estimate of drug-likeness (QED) is 0.802. The van der Waals surface area contributed by atoms with Gasteiger partial charge < -0.3 is 10.1 Å². The molecule has 0 atom stereocenters. The summed E-state index contributed by atoms with van der Waals surface area (Å²) in [5.74, 6) is 0.490. The zero-order valence-electron chi connectivity index (χ0n) is 15.1. The number of piperidine rings is 1. The minimum Gasteiger partial charge on any atom is -0.483 e. The van der Waals surface area contributed by atoms with Crippen molar-refractivity contribution in [3.63, 3.8) is 0 Å². The first-order chi connectivity index (χ1) is 12.6. The molecule has 5 heteroatoms. The van der Waals surface area contributed by atoms with E-state index in [0.29, 0.717) is 10.8 Å². The summed E-state index contributed by atoms with van der Waals surface area (Å²) >= 11 is 5.92. The summed E-state index contributed by atoms with van der Waals surface area (Å²) in [6.07, 6.45) is 3.93. The molecule has 1 fully saturated rings. The number of likely N-dealkylation sites (tertiary alicyclic amines) is 1. The summed E-state index contributed by atoms with van der Waals surface area (Å²) in [6, 6.07) is 13.4. The molecule has 3 rings (SSSR count). The fourth-order valence-corrected chi connectivity index (χ4v) is 3.41. The van der Waals surface area contributed by atoms with Gasteiger partial charge in [0.25, 0.3) is 5.91 Å². The van der Waals surface area contributed by atoms with Gasteiger partial charge >= 0.3 is 0 Å². The number of anilines is 1. The third-order valence-electron chi connectivity index (χ3n) is 4.59. The second-order valence-electron chi connectivity index (χ2n) is 6.78. The van der Waals surface area contributed by atoms with Crippen molar-refractivity contribution in [3.8, 4) is 5.75 Å². The third kappa shape index (κ3) is 5.48. The second kappa shape index (κ2) is 9.06. The molecule has 0 unspecified atom stereocenters. The first kappa shape index (κ1) is 18.7. The molecule has 1 N–H and O–H groups in total. The summed E-state index contributed by atoms with van der Waals surface area (Å²) < 4.78 is 5.57. The summed E-state index contributed by atoms with van der Waals surface area (Å²) in [7, 11) is 0. The number of amides is 1. The van der Waals surface area contributed by atoms with Crippen molar-refractivity contribution in [2.24, 2.45) is 0 Å². The molecule has 0 saturated carbocycles. The van der Waals surface area contributed by atoms with Crippen molar-refractivity contribution in [3.05, 3.63) is 58.6 Å². The van der Waals surface area contributed by atoms with Gasteiger partial charge in [-0.3, -0.25) is 9.69 Å². The number of carbonyl (C=O) groups is 1. The van der Waals surface area contributed by atoms with Gasteiger partial charge in [0.05, 0.1) is 0 Å². The maximum absolute atomic E-state index is 12.1. The minimum atomic E-state index is -0.178. The van der Waals surface area contributed by atoms with Crippen LogP contribution >= 0.6 is 11.6 Å². The van der Waals surface area contributed by atoms with Crippen LogP contribution < -0.4 is 10.1 Å². The van der Waals surface area contributed by atoms with E-state index in [-0.39, 0.29) is 12.5 Å². The van der Waals surface area contributed by atoms with Crippen LogP contribution in [-0.4, -0.2) is 30.5 Å². The Morgan fingerprint density at radius 3 is 2.54 bits per heavy atom. The normalized spacial score (nSPS) is 14.8. The van der Waals surface area contributed by atoms with Crippen LogP contribution in [0.3, 0.4) is 0 Å². The Hall–Kier alpha value is -2.04. The predicted molar refractivity (Wildman–Crippen MR) is 106 cm³/mol. The summed E-state index contributed by atoms with van der Waals surface area (Å²) in [5.41, 5.74) is 2.97. The lowest BCUT2D eigenvalue weighted by Gasteiger charge is -2.26. The van der Waals surface area contributed by atoms with Gasteiger partial charge in [0, 0.05) is 17.3 Å². The Balaban J connectivity index is 1.47. The summed E-state index contributed by atoms with van der Waals surface area (Å²) in [5, 5.41) is 3.53. The van der Waals surface area contributed by atoms with Crippen LogP contribution in [0.1, 0.15) is 30.4 Å². The molecule has 1 aliphatic heterocycles. The number of aryl methyl sites for hydroxylation is 1. The molecule has 0 aliphatic carbocycles. The third-order valence-corrected chi connectivity index (χ3v) is 4.82. The van der Waals surface area contributed by atoms with Crippen LogP contribution in [0.25, 0.3) is 0 Å². The van der Waals surface area contributed by atoms with Gasteiger partial charge in [-0.2, -0.15) is 0 Å². The molecule has 1 amide bonds. The molecule has 0 radical (unpaired) electrons. The maximum atomic E-state index is 12.1. The van der Waals surface area contributed by atoms with E-state index in [0.717, 1.165) is 17.8 Å². The standard InChI is InChI=1S/C21H25ClN2O2/c1-16-13-18(22)7-10-20(16)26-15-21(25)23-19-8-5-17(6-9-19)14-24-11-3-2-4-12-24/h5-10,13H,2-4,11-12,14-15H2,1H3,(H,23,25). The van der Waals surface area contributed by atoms with E-state index in [1.165, 1.54) is 37.9 Å². The lowest BCUT2D eigenvalue weighted by Crippen LogP contribution is -2.29. The number of hydrogen-bond acceptors (Lipinski definition) is 3. The zero-order chi connectivity index (χ0) is 18.4. The van der Waals surface area contributed by atoms with Crippen LogP contribution in [0.5, 0.6) is 5.75 Å². The molecule has 1 aliphatic rings. The van der Waals surface area contributed by atoms with Crippen molar-refractivity contribution in [2.45, 2.75) is 32.7 Å². The fourth-order valence-electron chi connectivity index (χ4n) is 3.18. The highest BCUT2D eigenvalue weighted by Crippen LogP contribution is 2.22. The highest BCUT2D eigenvalue weighted by Gasteiger charge is 2.11. The van der Waals surface area contributed by atoms with Crippen molar-refractivity contribution >= 4 is 23.2 Å². The number of carbonyl (C=O) groups excluding carboxylic acids is 1. The van der Waals surface area contributed by atoms with E-state index in [9.17, 15) is 4.79 Å². The number of nitrogens with zero attached hydrogens (tertiary/aromatic N) is 1. The largest absolute Gasteiger partial charge is 0.483 e. The van der Waals surface area contributed by atoms with E-state index < -0.39 is 0 Å². The molecule has 0 bridgehead atoms. The van der Waals surface area contributed by atoms with E-state index in [2.05, 4.69) is 22.3 Å². The van der Waals surface area contributed by atoms with Crippen LogP contribution in [0, 0.1) is 6.92 Å². The number of nitrogens with one attached hydrogen (secondary N) is 1. The monoisotopic (exact) mass is 372 g/mol. The van der Waals surface area contributed by atoms with Crippen LogP contribution in [0.15, 0.2) is 42.5 Å². The topological polar surface area (TPSA) is 41.6 Å². The van der Waals surface area contributed by atoms with Crippen molar-refractivity contribution < 1.29 is 9.53 Å². The van der Waals surface area contributed by atoms with Gasteiger partial charge in [-0.05, 0) is 74.3 Å². The van der Waals surface area contributed by atoms with Crippen molar-refractivity contribution in [1.29, 1.82) is 0 Å². The Labute approximate surface area is 160 Å². The van der Waals surface area contributed by atoms with Crippen molar-refractivity contribution in [1.82, 2.24) is 4.90 Å². The van der Waals surface area contributed by atoms with Gasteiger partial charge in [-0.15, -0.1) is 0 Å². The minimum absolute atomic E-state index is 0.0298. The first-order valence-corrected chi connectivity index (χ1v) is 9.48. The molecule has 1 heterocycles. The van der Waals surface area contributed by atoms with Crippen LogP contribution in [0.2, 0.25) is 5.02 Å². The van der Waals surface area contributed by atoms with Gasteiger partial charge in [0.1, 0.15) is 5.75 Å². The van der Waals surface area contributed by atoms with E-state index >= 15 is 0 Å². The molecule has 2 aromatic rings.